The Balaban J connectivity index is 1.38. The normalized spacial score (nSPS) is 19.1. The molecule has 146 valence electrons. The van der Waals surface area contributed by atoms with Gasteiger partial charge in [-0.25, -0.2) is 12.7 Å². The minimum atomic E-state index is -3.06. The summed E-state index contributed by atoms with van der Waals surface area (Å²) in [7, 11) is -3.06. The van der Waals surface area contributed by atoms with Gasteiger partial charge in [-0.3, -0.25) is 4.98 Å². The number of benzene rings is 1. The molecule has 3 heterocycles. The summed E-state index contributed by atoms with van der Waals surface area (Å²) in [5, 5.41) is 10.1. The van der Waals surface area contributed by atoms with Crippen molar-refractivity contribution < 1.29 is 8.42 Å². The maximum atomic E-state index is 12.5. The van der Waals surface area contributed by atoms with Crippen LogP contribution in [-0.2, 0) is 10.0 Å². The number of thiophene rings is 1. The van der Waals surface area contributed by atoms with Crippen molar-refractivity contribution in [2.45, 2.75) is 37.0 Å². The lowest BCUT2D eigenvalue weighted by atomic mass is 10.0. The molecule has 2 aromatic heterocycles. The number of fused-ring (bicyclic) bond motifs is 1. The summed E-state index contributed by atoms with van der Waals surface area (Å²) in [5.74, 6) is 0. The van der Waals surface area contributed by atoms with Crippen LogP contribution in [0.15, 0.2) is 47.4 Å². The molecule has 0 spiro atoms. The highest BCUT2D eigenvalue weighted by atomic mass is 32.2. The average molecular weight is 414 g/mol. The summed E-state index contributed by atoms with van der Waals surface area (Å²) >= 11 is 1.70. The zero-order valence-corrected chi connectivity index (χ0v) is 17.2. The summed E-state index contributed by atoms with van der Waals surface area (Å²) in [6.45, 7) is 1.22. The van der Waals surface area contributed by atoms with E-state index in [4.69, 9.17) is 0 Å². The number of sulfonamides is 1. The molecule has 1 aromatic carbocycles. The van der Waals surface area contributed by atoms with Crippen LogP contribution in [0.4, 0.5) is 5.69 Å². The summed E-state index contributed by atoms with van der Waals surface area (Å²) < 4.78 is 26.6. The first-order valence-electron chi connectivity index (χ1n) is 9.77. The topological polar surface area (TPSA) is 62.3 Å². The van der Waals surface area contributed by atoms with E-state index in [1.807, 2.05) is 18.5 Å². The lowest BCUT2D eigenvalue weighted by molar-refractivity contribution is 0.329. The molecule has 28 heavy (non-hydrogen) atoms. The van der Waals surface area contributed by atoms with Gasteiger partial charge in [0.05, 0.1) is 5.25 Å². The smallest absolute Gasteiger partial charge is 0.216 e. The third kappa shape index (κ3) is 3.43. The third-order valence-corrected chi connectivity index (χ3v) is 8.81. The zero-order chi connectivity index (χ0) is 19.1. The van der Waals surface area contributed by atoms with Gasteiger partial charge in [0.2, 0.25) is 10.0 Å². The highest BCUT2D eigenvalue weighted by Gasteiger charge is 2.41. The standard InChI is InChI=1S/C21H23N3O2S2/c25-28(26,19-1-2-19)24-8-4-18(5-9-24)23-21-12-17(16-6-10-27-14-16)11-15-3-7-22-13-20(15)21/h3,6-7,10-14,18-19,23H,1-2,4-5,8-9H2. The molecule has 0 unspecified atom stereocenters. The molecule has 0 radical (unpaired) electrons. The molecule has 3 aromatic rings. The summed E-state index contributed by atoms with van der Waals surface area (Å²) in [5.41, 5.74) is 3.49. The molecule has 1 saturated carbocycles. The molecule has 7 heteroatoms. The van der Waals surface area contributed by atoms with Crippen LogP contribution in [0.3, 0.4) is 0 Å². The number of anilines is 1. The van der Waals surface area contributed by atoms with Crippen LogP contribution in [0.25, 0.3) is 21.9 Å². The van der Waals surface area contributed by atoms with Gasteiger partial charge in [-0.15, -0.1) is 0 Å². The van der Waals surface area contributed by atoms with Gasteiger partial charge >= 0.3 is 0 Å². The Morgan fingerprint density at radius 3 is 2.61 bits per heavy atom. The fourth-order valence-corrected chi connectivity index (χ4v) is 6.50. The van der Waals surface area contributed by atoms with Gasteiger partial charge in [0.15, 0.2) is 0 Å². The largest absolute Gasteiger partial charge is 0.382 e. The Labute approximate surface area is 169 Å². The number of nitrogens with one attached hydrogen (secondary N) is 1. The molecule has 1 N–H and O–H groups in total. The first-order valence-corrected chi connectivity index (χ1v) is 12.2. The van der Waals surface area contributed by atoms with Crippen LogP contribution >= 0.6 is 11.3 Å². The minimum Gasteiger partial charge on any atom is -0.382 e. The van der Waals surface area contributed by atoms with E-state index in [2.05, 4.69) is 39.3 Å². The molecule has 1 saturated heterocycles. The number of rotatable bonds is 5. The van der Waals surface area contributed by atoms with Crippen molar-refractivity contribution in [3.05, 3.63) is 47.4 Å². The molecule has 2 fully saturated rings. The van der Waals surface area contributed by atoms with Gasteiger partial charge in [-0.2, -0.15) is 11.3 Å². The van der Waals surface area contributed by atoms with E-state index < -0.39 is 10.0 Å². The van der Waals surface area contributed by atoms with Crippen LogP contribution in [0.5, 0.6) is 0 Å². The Morgan fingerprint density at radius 2 is 1.89 bits per heavy atom. The number of hydrogen-bond donors (Lipinski definition) is 1. The molecule has 5 nitrogen and oxygen atoms in total. The van der Waals surface area contributed by atoms with E-state index >= 15 is 0 Å². The van der Waals surface area contributed by atoms with Gasteiger partial charge in [0.25, 0.3) is 0 Å². The van der Waals surface area contributed by atoms with Gasteiger partial charge in [0.1, 0.15) is 0 Å². The van der Waals surface area contributed by atoms with Crippen LogP contribution in [0.1, 0.15) is 25.7 Å². The molecular weight excluding hydrogens is 390 g/mol. The highest BCUT2D eigenvalue weighted by molar-refractivity contribution is 7.90. The third-order valence-electron chi connectivity index (χ3n) is 5.73. The monoisotopic (exact) mass is 413 g/mol. The summed E-state index contributed by atoms with van der Waals surface area (Å²) in [6, 6.07) is 8.85. The zero-order valence-electron chi connectivity index (χ0n) is 15.5. The second-order valence-electron chi connectivity index (χ2n) is 7.69. The first-order chi connectivity index (χ1) is 13.6. The van der Waals surface area contributed by atoms with E-state index in [1.165, 1.54) is 11.1 Å². The first kappa shape index (κ1) is 18.1. The van der Waals surface area contributed by atoms with E-state index in [1.54, 1.807) is 15.6 Å². The molecule has 0 atom stereocenters. The second kappa shape index (κ2) is 7.13. The fraction of sp³-hybridized carbons (Fsp3) is 0.381. The Bertz CT molecular complexity index is 1080. The van der Waals surface area contributed by atoms with Gasteiger partial charge < -0.3 is 5.32 Å². The maximum Gasteiger partial charge on any atom is 0.216 e. The summed E-state index contributed by atoms with van der Waals surface area (Å²) in [4.78, 5) is 4.30. The molecule has 2 aliphatic rings. The molecule has 0 bridgehead atoms. The van der Waals surface area contributed by atoms with Crippen LogP contribution < -0.4 is 5.32 Å². The highest BCUT2D eigenvalue weighted by Crippen LogP contribution is 2.35. The van der Waals surface area contributed by atoms with Crippen LogP contribution in [0, 0.1) is 0 Å². The van der Waals surface area contributed by atoms with E-state index in [9.17, 15) is 8.42 Å². The van der Waals surface area contributed by atoms with E-state index in [-0.39, 0.29) is 11.3 Å². The van der Waals surface area contributed by atoms with E-state index in [0.29, 0.717) is 13.1 Å². The van der Waals surface area contributed by atoms with Crippen molar-refractivity contribution >= 4 is 37.8 Å². The number of nitrogens with zero attached hydrogens (tertiary/aromatic N) is 2. The molecule has 5 rings (SSSR count). The molecule has 0 amide bonds. The predicted octanol–water partition coefficient (Wildman–Crippen LogP) is 4.33. The average Bonchev–Trinajstić information content (AvgIpc) is 3.44. The van der Waals surface area contributed by atoms with Crippen molar-refractivity contribution in [1.82, 2.24) is 9.29 Å². The van der Waals surface area contributed by atoms with Gasteiger partial charge in [0, 0.05) is 42.6 Å². The van der Waals surface area contributed by atoms with Crippen LogP contribution in [-0.4, -0.2) is 42.1 Å². The minimum absolute atomic E-state index is 0.116. The van der Waals surface area contributed by atoms with Crippen molar-refractivity contribution in [3.63, 3.8) is 0 Å². The van der Waals surface area contributed by atoms with Crippen molar-refractivity contribution in [2.24, 2.45) is 0 Å². The van der Waals surface area contributed by atoms with Gasteiger partial charge in [-0.1, -0.05) is 0 Å². The maximum absolute atomic E-state index is 12.5. The van der Waals surface area contributed by atoms with Crippen LogP contribution in [0.2, 0.25) is 0 Å². The Hall–Kier alpha value is -1.96. The van der Waals surface area contributed by atoms with Crippen molar-refractivity contribution in [3.8, 4) is 11.1 Å². The quantitative estimate of drug-likeness (QED) is 0.676. The van der Waals surface area contributed by atoms with Crippen molar-refractivity contribution in [2.75, 3.05) is 18.4 Å². The number of pyridine rings is 1. The lowest BCUT2D eigenvalue weighted by Crippen LogP contribution is -2.43. The lowest BCUT2D eigenvalue weighted by Gasteiger charge is -2.32. The molecule has 1 aliphatic heterocycles. The Morgan fingerprint density at radius 1 is 1.07 bits per heavy atom. The van der Waals surface area contributed by atoms with Gasteiger partial charge in [-0.05, 0) is 77.2 Å². The second-order valence-corrected chi connectivity index (χ2v) is 10.7. The molecular formula is C21H23N3O2S2. The van der Waals surface area contributed by atoms with E-state index in [0.717, 1.165) is 42.1 Å². The predicted molar refractivity (Wildman–Crippen MR) is 115 cm³/mol. The number of piperidine rings is 1. The Kier molecular flexibility index (Phi) is 4.61. The molecule has 1 aliphatic carbocycles. The SMILES string of the molecule is O=S(=O)(C1CC1)N1CCC(Nc2cc(-c3ccsc3)cc3ccncc23)CC1. The fourth-order valence-electron chi connectivity index (χ4n) is 3.96. The summed E-state index contributed by atoms with van der Waals surface area (Å²) in [6.07, 6.45) is 7.04. The van der Waals surface area contributed by atoms with Crippen molar-refractivity contribution in [1.29, 1.82) is 0 Å². The number of aromatic nitrogens is 1. The number of hydrogen-bond acceptors (Lipinski definition) is 5.